The molecular formula is C108H144Cl5N17O16. The van der Waals surface area contributed by atoms with Crippen molar-refractivity contribution in [2.24, 2.45) is 133 Å². The molecule has 3 aromatic rings. The van der Waals surface area contributed by atoms with Gasteiger partial charge in [-0.1, -0.05) is 162 Å². The van der Waals surface area contributed by atoms with E-state index in [9.17, 15) is 93.0 Å². The van der Waals surface area contributed by atoms with Crippen LogP contribution in [0.1, 0.15) is 284 Å². The zero-order chi connectivity index (χ0) is 106. The lowest BCUT2D eigenvalue weighted by Gasteiger charge is -2.39. The molecule has 16 bridgehead atoms. The smallest absolute Gasteiger partial charge is 0.337 e. The maximum atomic E-state index is 13.8. The van der Waals surface area contributed by atoms with Gasteiger partial charge in [0.1, 0.15) is 0 Å². The molecule has 12 aliphatic rings. The van der Waals surface area contributed by atoms with Gasteiger partial charge in [0.15, 0.2) is 34.7 Å². The van der Waals surface area contributed by atoms with Crippen LogP contribution in [0.5, 0.6) is 0 Å². The highest BCUT2D eigenvalue weighted by Gasteiger charge is 2.52. The number of carboxylic acids is 1. The number of halogens is 5. The molecule has 12 fully saturated rings. The SMILES string of the molecule is CC1CC2C(=O)[C@H](C1)N(C)C(=O)[C@@H](C)CCCC[C@@H]1C[C@@H](C[C@H]2C#N)C(=O)N1.CC1CC2C(=O)[C@H](C1)N(C)C(=O)[C@@H](CC(=O)c1ccccc1Cl)CCCC[C@@H]1C[C@@H](C[C@H]2C#N)C(=O)N1.CC1CC2C(=O)[C@H](C1)N(C)C(=O)[C@@H](CC(=O)c1ccccc1Cl)CCCC[C@@H]1C[C@@H](C[C@H]2C#N)C(=O)N1.CC1CC2C(=O)[C@H](C1)N(C)C(=O)[C@@H](N)CCCC[C@@H]1C[C@@H](C[C@H]2C#N)C(=O)N1.Cl.N=NN=NCl.O=C(O)c1ccccc1Cl. The van der Waals surface area contributed by atoms with Crippen LogP contribution in [0.25, 0.3) is 0 Å². The maximum Gasteiger partial charge on any atom is 0.337 e. The lowest BCUT2D eigenvalue weighted by atomic mass is 9.70. The van der Waals surface area contributed by atoms with E-state index in [4.69, 9.17) is 51.2 Å². The number of hydrogen-bond acceptors (Lipinski definition) is 22. The third-order valence-corrected chi connectivity index (χ3v) is 33.4. The maximum absolute atomic E-state index is 13.8. The van der Waals surface area contributed by atoms with Gasteiger partial charge in [0.05, 0.1) is 111 Å². The second-order valence-corrected chi connectivity index (χ2v) is 44.3. The molecule has 28 atom stereocenters. The van der Waals surface area contributed by atoms with Gasteiger partial charge in [-0.25, -0.2) is 4.79 Å². The van der Waals surface area contributed by atoms with Gasteiger partial charge in [-0.3, -0.25) is 67.1 Å². The Morgan fingerprint density at radius 2 is 0.644 bits per heavy atom. The number of nitrogens with one attached hydrogen (secondary N) is 5. The van der Waals surface area contributed by atoms with Gasteiger partial charge in [-0.15, -0.1) is 12.4 Å². The van der Waals surface area contributed by atoms with Crippen molar-refractivity contribution in [2.75, 3.05) is 28.2 Å². The van der Waals surface area contributed by atoms with Crippen molar-refractivity contribution in [1.82, 2.24) is 40.9 Å². The largest absolute Gasteiger partial charge is 0.478 e. The molecule has 8 amide bonds. The lowest BCUT2D eigenvalue weighted by Crippen LogP contribution is -2.54. The molecule has 0 spiro atoms. The van der Waals surface area contributed by atoms with Crippen LogP contribution in [-0.2, 0) is 57.5 Å². The van der Waals surface area contributed by atoms with Crippen molar-refractivity contribution >= 4 is 147 Å². The van der Waals surface area contributed by atoms with E-state index in [1.165, 1.54) is 20.8 Å². The average molecular weight is 2110 g/mol. The molecule has 0 radical (unpaired) electrons. The zero-order valence-electron chi connectivity index (χ0n) is 85.1. The van der Waals surface area contributed by atoms with Gasteiger partial charge < -0.3 is 51.7 Å². The van der Waals surface area contributed by atoms with E-state index in [2.05, 4.69) is 86.2 Å². The summed E-state index contributed by atoms with van der Waals surface area (Å²) in [7, 11) is 6.71. The number of nitrogens with zero attached hydrogens (tertiary/aromatic N) is 11. The van der Waals surface area contributed by atoms with Crippen LogP contribution in [0.2, 0.25) is 15.1 Å². The molecule has 146 heavy (non-hydrogen) atoms. The number of nitriles is 4. The summed E-state index contributed by atoms with van der Waals surface area (Å²) in [6.07, 6.45) is 21.8. The van der Waals surface area contributed by atoms with Gasteiger partial charge in [0.2, 0.25) is 47.3 Å². The number of carbonyl (C=O) groups excluding carboxylic acids is 14. The Morgan fingerprint density at radius 3 is 0.904 bits per heavy atom. The van der Waals surface area contributed by atoms with Crippen LogP contribution >= 0.6 is 59.0 Å². The summed E-state index contributed by atoms with van der Waals surface area (Å²) in [5, 5.41) is 66.4. The number of aromatic carboxylic acids is 1. The number of Topliss-reactive ketones (excluding diaryl/α,β-unsaturated/α-hetero) is 6. The van der Waals surface area contributed by atoms with Gasteiger partial charge >= 0.3 is 5.97 Å². The van der Waals surface area contributed by atoms with E-state index in [1.54, 1.807) is 99.8 Å². The molecule has 792 valence electrons. The summed E-state index contributed by atoms with van der Waals surface area (Å²) >= 11 is 22.6. The van der Waals surface area contributed by atoms with E-state index in [1.807, 2.05) is 20.8 Å². The fourth-order valence-electron chi connectivity index (χ4n) is 24.3. The van der Waals surface area contributed by atoms with Crippen LogP contribution in [0.4, 0.5) is 0 Å². The van der Waals surface area contributed by atoms with Gasteiger partial charge in [0.25, 0.3) is 0 Å². The molecule has 8 unspecified atom stereocenters. The number of hydrogen-bond donors (Lipinski definition) is 7. The first kappa shape index (κ1) is 119. The molecular weight excluding hydrogens is 1970 g/mol. The molecule has 38 heteroatoms. The zero-order valence-corrected chi connectivity index (χ0v) is 89.0. The van der Waals surface area contributed by atoms with E-state index in [0.29, 0.717) is 130 Å². The number of amides is 8. The summed E-state index contributed by atoms with van der Waals surface area (Å²) in [5.41, 5.74) is 12.9. The number of likely N-dealkylation sites (N-methyl/N-ethyl adjacent to an activating group) is 4. The number of benzene rings is 3. The number of carbonyl (C=O) groups is 15. The van der Waals surface area contributed by atoms with Gasteiger partial charge in [-0.2, -0.15) is 26.6 Å². The molecule has 8 aliphatic heterocycles. The Labute approximate surface area is 883 Å². The van der Waals surface area contributed by atoms with Crippen LogP contribution in [0, 0.1) is 163 Å². The number of ketones is 6. The Hall–Kier alpha value is -10.5. The summed E-state index contributed by atoms with van der Waals surface area (Å²) in [5.74, 6) is -7.41. The second kappa shape index (κ2) is 56.7. The Bertz CT molecular complexity index is 5090. The molecule has 8 saturated heterocycles. The normalized spacial score (nSPS) is 33.2. The van der Waals surface area contributed by atoms with Crippen molar-refractivity contribution in [2.45, 2.75) is 307 Å². The summed E-state index contributed by atoms with van der Waals surface area (Å²) in [6, 6.07) is 26.8. The summed E-state index contributed by atoms with van der Waals surface area (Å²) < 4.78 is 2.60. The van der Waals surface area contributed by atoms with Crippen LogP contribution < -0.4 is 27.0 Å². The van der Waals surface area contributed by atoms with Crippen LogP contribution in [-0.4, -0.2) is 195 Å². The van der Waals surface area contributed by atoms with Crippen molar-refractivity contribution in [3.63, 3.8) is 0 Å². The van der Waals surface area contributed by atoms with Crippen LogP contribution in [0.15, 0.2) is 87.9 Å². The minimum Gasteiger partial charge on any atom is -0.478 e. The third-order valence-electron chi connectivity index (χ3n) is 32.4. The first-order chi connectivity index (χ1) is 69.1. The van der Waals surface area contributed by atoms with E-state index < -0.39 is 89.4 Å². The fraction of sp³-hybridized carbons (Fsp3) is 0.657. The fourth-order valence-corrected chi connectivity index (χ4v) is 25.0. The molecule has 0 aromatic heterocycles. The van der Waals surface area contributed by atoms with Gasteiger partial charge in [0, 0.05) is 141 Å². The first-order valence-electron chi connectivity index (χ1n) is 51.8. The first-order valence-corrected chi connectivity index (χ1v) is 53.3. The van der Waals surface area contributed by atoms with E-state index >= 15 is 0 Å². The van der Waals surface area contributed by atoms with E-state index in [0.717, 1.165) is 96.3 Å². The highest BCUT2D eigenvalue weighted by atomic mass is 35.5. The number of carboxylic acid groups (broad SMARTS) is 1. The standard InChI is InChI=1S/2C29H36ClN3O4.C22H33N3O3.C21H32N4O3.C7H5ClO2.ClHN4.ClH/c2*1-17-11-23-20(16-31)13-19-14-21(32-28(19)36)8-4-3-7-18(29(37)33(2)25(12-17)27(23)35)15-26(34)22-9-5-6-10-24(22)30;1-13-8-18-16(12-23)10-15-11-17(24-21(15)27)7-5-4-6-14(2)22(28)25(3)19(9-13)20(18)26;1-12-7-16-14(11-22)9-13-10-15(24-20(13)27)5-3-4-6-17(23)21(28)25(2)18(8-12)19(16)26;8-6-4-2-1-3-5(6)7(9)10;1-3-5-4-2;/h2*5-6,9-10,17-21,23,25H,3-4,7-8,11-15H2,1-2H3,(H,32,36);13-19H,4-11H2,1-3H3,(H,24,27);12-18H,3-10,23H2,1-2H3,(H,24,27);1-4H,(H,9,10);2H;1H/t2*17?,18-,19-,20+,21-,23?,25+;13?,14-,15+,16-,17+,18?,19-;12?,13-,14+,15-,16?,17+,18+;;;/m1101.../s1. The molecule has 33 nitrogen and oxygen atoms in total. The Morgan fingerprint density at radius 1 is 0.384 bits per heavy atom. The van der Waals surface area contributed by atoms with Crippen molar-refractivity contribution in [1.29, 1.82) is 26.6 Å². The van der Waals surface area contributed by atoms with Crippen LogP contribution in [0.3, 0.4) is 0 Å². The number of nitrogens with two attached hydrogens (primary N) is 1. The second-order valence-electron chi connectivity index (χ2n) is 42.9. The van der Waals surface area contributed by atoms with Crippen molar-refractivity contribution < 1.29 is 77.0 Å². The Balaban J connectivity index is 0.000000207. The monoisotopic (exact) mass is 2110 g/mol. The molecule has 15 rings (SSSR count). The quantitative estimate of drug-likeness (QED) is 0.0625. The molecule has 8 N–H and O–H groups in total. The lowest BCUT2D eigenvalue weighted by molar-refractivity contribution is -0.146. The minimum atomic E-state index is -0.995. The average Bonchev–Trinajstić information content (AvgIpc) is 1.23. The summed E-state index contributed by atoms with van der Waals surface area (Å²) in [4.78, 5) is 200. The topological polar surface area (TPSA) is 519 Å². The van der Waals surface area contributed by atoms with Crippen molar-refractivity contribution in [3.05, 3.63) is 105 Å². The molecule has 4 aliphatic carbocycles. The predicted molar refractivity (Wildman–Crippen MR) is 549 cm³/mol. The minimum absolute atomic E-state index is 0. The van der Waals surface area contributed by atoms with Gasteiger partial charge in [-0.05, 0) is 225 Å². The Kier molecular flexibility index (Phi) is 46.3. The molecule has 4 saturated carbocycles. The molecule has 8 heterocycles. The van der Waals surface area contributed by atoms with E-state index in [-0.39, 0.29) is 201 Å². The number of rotatable bonds is 8. The highest BCUT2D eigenvalue weighted by Crippen LogP contribution is 2.45. The predicted octanol–water partition coefficient (Wildman–Crippen LogP) is 17.2. The third kappa shape index (κ3) is 31.6. The number of fused-ring (bicyclic) bond motifs is 16. The summed E-state index contributed by atoms with van der Waals surface area (Å²) in [6.45, 7) is 10.2. The van der Waals surface area contributed by atoms with Crippen molar-refractivity contribution in [3.8, 4) is 24.3 Å². The highest BCUT2D eigenvalue weighted by molar-refractivity contribution is 6.35. The molecule has 3 aromatic carbocycles.